The number of esters is 2. The third-order valence-corrected chi connectivity index (χ3v) is 2.91. The van der Waals surface area contributed by atoms with Gasteiger partial charge in [-0.25, -0.2) is 4.79 Å². The van der Waals surface area contributed by atoms with Gasteiger partial charge in [0, 0.05) is 0 Å². The second kappa shape index (κ2) is 5.65. The predicted octanol–water partition coefficient (Wildman–Crippen LogP) is 2.08. The number of benzene rings is 1. The molecular weight excluding hydrogens is 276 g/mol. The Balaban J connectivity index is 3.13. The lowest BCUT2D eigenvalue weighted by Crippen LogP contribution is -2.13. The van der Waals surface area contributed by atoms with Crippen molar-refractivity contribution < 1.29 is 19.1 Å². The van der Waals surface area contributed by atoms with E-state index in [0.717, 1.165) is 0 Å². The summed E-state index contributed by atoms with van der Waals surface area (Å²) in [6, 6.07) is 6.70. The highest BCUT2D eigenvalue weighted by Crippen LogP contribution is 2.27. The molecule has 1 aromatic carbocycles. The first kappa shape index (κ1) is 12.7. The molecule has 1 unspecified atom stereocenters. The average Bonchev–Trinajstić information content (AvgIpc) is 2.35. The van der Waals surface area contributed by atoms with Gasteiger partial charge in [-0.05, 0) is 11.6 Å². The molecule has 0 saturated carbocycles. The Kier molecular flexibility index (Phi) is 4.49. The maximum atomic E-state index is 11.5. The lowest BCUT2D eigenvalue weighted by atomic mass is 10.0. The largest absolute Gasteiger partial charge is 0.468 e. The summed E-state index contributed by atoms with van der Waals surface area (Å²) < 4.78 is 9.23. The Morgan fingerprint density at radius 1 is 1.19 bits per heavy atom. The summed E-state index contributed by atoms with van der Waals surface area (Å²) >= 11 is 3.18. The first-order valence-electron chi connectivity index (χ1n) is 4.51. The van der Waals surface area contributed by atoms with Gasteiger partial charge in [0.25, 0.3) is 0 Å². The molecule has 0 aliphatic heterocycles. The molecule has 1 atom stereocenters. The highest BCUT2D eigenvalue weighted by atomic mass is 79.9. The van der Waals surface area contributed by atoms with Gasteiger partial charge in [-0.3, -0.25) is 4.79 Å². The van der Waals surface area contributed by atoms with Crippen molar-refractivity contribution in [1.82, 2.24) is 0 Å². The molecule has 0 radical (unpaired) electrons. The van der Waals surface area contributed by atoms with Crippen molar-refractivity contribution in [2.24, 2.45) is 0 Å². The molecule has 0 fully saturated rings. The van der Waals surface area contributed by atoms with E-state index in [1.807, 2.05) is 0 Å². The van der Waals surface area contributed by atoms with Crippen LogP contribution in [0.5, 0.6) is 0 Å². The molecule has 16 heavy (non-hydrogen) atoms. The van der Waals surface area contributed by atoms with Gasteiger partial charge >= 0.3 is 11.9 Å². The Labute approximate surface area is 102 Å². The Morgan fingerprint density at radius 3 is 2.38 bits per heavy atom. The number of carbonyl (C=O) groups excluding carboxylic acids is 2. The van der Waals surface area contributed by atoms with Gasteiger partial charge in [0.1, 0.15) is 4.83 Å². The minimum absolute atomic E-state index is 0.345. The second-order valence-corrected chi connectivity index (χ2v) is 3.88. The molecular formula is C11H11BrO4. The van der Waals surface area contributed by atoms with Crippen molar-refractivity contribution in [2.45, 2.75) is 4.83 Å². The van der Waals surface area contributed by atoms with Crippen LogP contribution in [0.1, 0.15) is 20.7 Å². The molecule has 0 saturated heterocycles. The van der Waals surface area contributed by atoms with Crippen LogP contribution in [-0.4, -0.2) is 26.2 Å². The summed E-state index contributed by atoms with van der Waals surface area (Å²) in [7, 11) is 2.58. The summed E-state index contributed by atoms with van der Waals surface area (Å²) in [5, 5.41) is 0. The zero-order chi connectivity index (χ0) is 12.1. The number of hydrogen-bond acceptors (Lipinski definition) is 4. The summed E-state index contributed by atoms with van der Waals surface area (Å²) in [5.74, 6) is -0.944. The Morgan fingerprint density at radius 2 is 1.81 bits per heavy atom. The smallest absolute Gasteiger partial charge is 0.338 e. The number of hydrogen-bond donors (Lipinski definition) is 0. The number of ether oxygens (including phenoxy) is 2. The zero-order valence-electron chi connectivity index (χ0n) is 8.90. The van der Waals surface area contributed by atoms with Gasteiger partial charge in [0.2, 0.25) is 0 Å². The van der Waals surface area contributed by atoms with Crippen molar-refractivity contribution >= 4 is 27.9 Å². The highest BCUT2D eigenvalue weighted by Gasteiger charge is 2.23. The molecule has 0 bridgehead atoms. The Hall–Kier alpha value is -1.36. The first-order valence-corrected chi connectivity index (χ1v) is 5.42. The van der Waals surface area contributed by atoms with Gasteiger partial charge < -0.3 is 9.47 Å². The van der Waals surface area contributed by atoms with Crippen LogP contribution in [-0.2, 0) is 14.3 Å². The number of rotatable bonds is 3. The maximum Gasteiger partial charge on any atom is 0.338 e. The second-order valence-electron chi connectivity index (χ2n) is 2.96. The van der Waals surface area contributed by atoms with Crippen molar-refractivity contribution in [2.75, 3.05) is 14.2 Å². The topological polar surface area (TPSA) is 52.6 Å². The van der Waals surface area contributed by atoms with Crippen LogP contribution in [0.3, 0.4) is 0 Å². The standard InChI is InChI=1S/C11H11BrO4/c1-15-10(13)8-6-4-3-5-7(8)9(12)11(14)16-2/h3-6,9H,1-2H3. The molecule has 86 valence electrons. The molecule has 0 aromatic heterocycles. The first-order chi connectivity index (χ1) is 7.61. The minimum Gasteiger partial charge on any atom is -0.468 e. The predicted molar refractivity (Wildman–Crippen MR) is 61.5 cm³/mol. The van der Waals surface area contributed by atoms with Gasteiger partial charge in [0.05, 0.1) is 19.8 Å². The van der Waals surface area contributed by atoms with Crippen LogP contribution < -0.4 is 0 Å². The van der Waals surface area contributed by atoms with Gasteiger partial charge in [-0.2, -0.15) is 0 Å². The fraction of sp³-hybridized carbons (Fsp3) is 0.273. The van der Waals surface area contributed by atoms with Crippen LogP contribution in [0.15, 0.2) is 24.3 Å². The van der Waals surface area contributed by atoms with Crippen LogP contribution >= 0.6 is 15.9 Å². The van der Waals surface area contributed by atoms with Gasteiger partial charge in [-0.15, -0.1) is 0 Å². The van der Waals surface area contributed by atoms with E-state index in [4.69, 9.17) is 0 Å². The lowest BCUT2D eigenvalue weighted by Gasteiger charge is -2.11. The molecule has 0 amide bonds. The number of methoxy groups -OCH3 is 2. The van der Waals surface area contributed by atoms with E-state index in [1.165, 1.54) is 14.2 Å². The van der Waals surface area contributed by atoms with E-state index in [0.29, 0.717) is 11.1 Å². The molecule has 0 aliphatic rings. The molecule has 1 rings (SSSR count). The third kappa shape index (κ3) is 2.61. The molecule has 0 heterocycles. The van der Waals surface area contributed by atoms with Crippen molar-refractivity contribution in [3.05, 3.63) is 35.4 Å². The third-order valence-electron chi connectivity index (χ3n) is 2.05. The normalized spacial score (nSPS) is 11.7. The summed E-state index contributed by atoms with van der Waals surface area (Å²) in [4.78, 5) is 22.1. The number of halogens is 1. The quantitative estimate of drug-likeness (QED) is 0.631. The van der Waals surface area contributed by atoms with Gasteiger partial charge in [-0.1, -0.05) is 34.1 Å². The van der Waals surface area contributed by atoms with Crippen LogP contribution in [0, 0.1) is 0 Å². The summed E-state index contributed by atoms with van der Waals surface area (Å²) in [5.41, 5.74) is 0.874. The van der Waals surface area contributed by atoms with Crippen LogP contribution in [0.4, 0.5) is 0 Å². The molecule has 0 spiro atoms. The van der Waals surface area contributed by atoms with Gasteiger partial charge in [0.15, 0.2) is 0 Å². The van der Waals surface area contributed by atoms with Crippen LogP contribution in [0.25, 0.3) is 0 Å². The fourth-order valence-corrected chi connectivity index (χ4v) is 1.83. The minimum atomic E-state index is -0.673. The zero-order valence-corrected chi connectivity index (χ0v) is 10.5. The number of alkyl halides is 1. The molecule has 1 aromatic rings. The SMILES string of the molecule is COC(=O)c1ccccc1C(Br)C(=O)OC. The summed E-state index contributed by atoms with van der Waals surface area (Å²) in [6.45, 7) is 0. The van der Waals surface area contributed by atoms with Crippen molar-refractivity contribution in [3.63, 3.8) is 0 Å². The fourth-order valence-electron chi connectivity index (χ4n) is 1.24. The van der Waals surface area contributed by atoms with E-state index in [-0.39, 0.29) is 0 Å². The summed E-state index contributed by atoms with van der Waals surface area (Å²) in [6.07, 6.45) is 0. The van der Waals surface area contributed by atoms with E-state index < -0.39 is 16.8 Å². The van der Waals surface area contributed by atoms with Crippen molar-refractivity contribution in [1.29, 1.82) is 0 Å². The van der Waals surface area contributed by atoms with Crippen molar-refractivity contribution in [3.8, 4) is 0 Å². The Bertz CT molecular complexity index is 403. The van der Waals surface area contributed by atoms with E-state index >= 15 is 0 Å². The lowest BCUT2D eigenvalue weighted by molar-refractivity contribution is -0.139. The van der Waals surface area contributed by atoms with Crippen LogP contribution in [0.2, 0.25) is 0 Å². The maximum absolute atomic E-state index is 11.5. The number of carbonyl (C=O) groups is 2. The monoisotopic (exact) mass is 286 g/mol. The van der Waals surface area contributed by atoms with E-state index in [9.17, 15) is 9.59 Å². The van der Waals surface area contributed by atoms with E-state index in [1.54, 1.807) is 24.3 Å². The molecule has 0 aliphatic carbocycles. The molecule has 4 nitrogen and oxygen atoms in total. The molecule has 5 heteroatoms. The highest BCUT2D eigenvalue weighted by molar-refractivity contribution is 9.09. The van der Waals surface area contributed by atoms with E-state index in [2.05, 4.69) is 25.4 Å². The molecule has 0 N–H and O–H groups in total. The average molecular weight is 287 g/mol.